The van der Waals surface area contributed by atoms with Crippen LogP contribution in [0.5, 0.6) is 0 Å². The zero-order valence-corrected chi connectivity index (χ0v) is 11.0. The van der Waals surface area contributed by atoms with Gasteiger partial charge in [-0.25, -0.2) is 0 Å². The molecule has 3 heteroatoms. The smallest absolute Gasteiger partial charge is 0.0359 e. The lowest BCUT2D eigenvalue weighted by Crippen LogP contribution is -2.36. The number of hydrogen-bond donors (Lipinski definition) is 1. The van der Waals surface area contributed by atoms with Crippen molar-refractivity contribution in [3.05, 3.63) is 29.8 Å². The highest BCUT2D eigenvalue weighted by molar-refractivity contribution is 5.46. The van der Waals surface area contributed by atoms with Crippen LogP contribution in [-0.4, -0.2) is 42.0 Å². The van der Waals surface area contributed by atoms with Gasteiger partial charge in [-0.2, -0.15) is 0 Å². The van der Waals surface area contributed by atoms with E-state index in [0.29, 0.717) is 0 Å². The van der Waals surface area contributed by atoms with Gasteiger partial charge in [0.05, 0.1) is 0 Å². The van der Waals surface area contributed by atoms with Crippen molar-refractivity contribution in [3.8, 4) is 0 Å². The van der Waals surface area contributed by atoms with E-state index >= 15 is 0 Å². The van der Waals surface area contributed by atoms with Gasteiger partial charge in [0.1, 0.15) is 0 Å². The minimum Gasteiger partial charge on any atom is -0.398 e. The standard InChI is InChI=1S/C15H23N3/c16-15-7-2-1-5-13(15)11-17-8-4-10-18-9-3-6-14(18)12-17/h1-2,5,7,14H,3-4,6,8-12,16H2. The lowest BCUT2D eigenvalue weighted by atomic mass is 10.1. The quantitative estimate of drug-likeness (QED) is 0.808. The Labute approximate surface area is 110 Å². The number of hydrogen-bond acceptors (Lipinski definition) is 3. The summed E-state index contributed by atoms with van der Waals surface area (Å²) in [6, 6.07) is 9.06. The SMILES string of the molecule is Nc1ccccc1CN1CCCN2CCCC2C1. The van der Waals surface area contributed by atoms with Crippen molar-refractivity contribution in [2.45, 2.75) is 31.8 Å². The molecule has 2 N–H and O–H groups in total. The van der Waals surface area contributed by atoms with Gasteiger partial charge in [-0.3, -0.25) is 9.80 Å². The molecule has 0 aliphatic carbocycles. The number of benzene rings is 1. The van der Waals surface area contributed by atoms with Crippen molar-refractivity contribution in [1.29, 1.82) is 0 Å². The van der Waals surface area contributed by atoms with Crippen LogP contribution in [0.25, 0.3) is 0 Å². The summed E-state index contributed by atoms with van der Waals surface area (Å²) < 4.78 is 0. The Morgan fingerprint density at radius 1 is 1.11 bits per heavy atom. The summed E-state index contributed by atoms with van der Waals surface area (Å²) >= 11 is 0. The molecule has 1 atom stereocenters. The first kappa shape index (κ1) is 12.0. The molecule has 98 valence electrons. The second kappa shape index (κ2) is 5.29. The Morgan fingerprint density at radius 3 is 2.83 bits per heavy atom. The molecule has 3 rings (SSSR count). The highest BCUT2D eigenvalue weighted by Crippen LogP contribution is 2.23. The summed E-state index contributed by atoms with van der Waals surface area (Å²) in [6.07, 6.45) is 4.05. The maximum absolute atomic E-state index is 6.05. The average molecular weight is 245 g/mol. The fraction of sp³-hybridized carbons (Fsp3) is 0.600. The lowest BCUT2D eigenvalue weighted by Gasteiger charge is -2.26. The summed E-state index contributed by atoms with van der Waals surface area (Å²) in [5, 5.41) is 0. The van der Waals surface area contributed by atoms with Crippen molar-refractivity contribution in [1.82, 2.24) is 9.80 Å². The topological polar surface area (TPSA) is 32.5 Å². The Balaban J connectivity index is 1.67. The van der Waals surface area contributed by atoms with Crippen LogP contribution >= 0.6 is 0 Å². The van der Waals surface area contributed by atoms with E-state index in [1.54, 1.807) is 0 Å². The maximum atomic E-state index is 6.05. The molecule has 1 unspecified atom stereocenters. The van der Waals surface area contributed by atoms with Crippen molar-refractivity contribution >= 4 is 5.69 Å². The zero-order valence-electron chi connectivity index (χ0n) is 11.0. The normalized spacial score (nSPS) is 25.9. The minimum atomic E-state index is 0.789. The largest absolute Gasteiger partial charge is 0.398 e. The van der Waals surface area contributed by atoms with Crippen molar-refractivity contribution in [2.24, 2.45) is 0 Å². The lowest BCUT2D eigenvalue weighted by molar-refractivity contribution is 0.215. The second-order valence-electron chi connectivity index (χ2n) is 5.62. The van der Waals surface area contributed by atoms with Crippen molar-refractivity contribution in [2.75, 3.05) is 31.9 Å². The third-order valence-corrected chi connectivity index (χ3v) is 4.34. The van der Waals surface area contributed by atoms with Gasteiger partial charge in [0.2, 0.25) is 0 Å². The molecule has 0 radical (unpaired) electrons. The van der Waals surface area contributed by atoms with Gasteiger partial charge in [0, 0.05) is 24.8 Å². The van der Waals surface area contributed by atoms with Crippen molar-refractivity contribution < 1.29 is 0 Å². The highest BCUT2D eigenvalue weighted by atomic mass is 15.3. The minimum absolute atomic E-state index is 0.789. The molecule has 0 aromatic heterocycles. The molecule has 0 bridgehead atoms. The predicted octanol–water partition coefficient (Wildman–Crippen LogP) is 1.94. The first-order valence-electron chi connectivity index (χ1n) is 7.13. The number of nitrogen functional groups attached to an aromatic ring is 1. The van der Waals surface area contributed by atoms with E-state index in [9.17, 15) is 0 Å². The Hall–Kier alpha value is -1.06. The van der Waals surface area contributed by atoms with Crippen molar-refractivity contribution in [3.63, 3.8) is 0 Å². The van der Waals surface area contributed by atoms with Gasteiger partial charge in [-0.15, -0.1) is 0 Å². The molecule has 1 aromatic rings. The molecule has 0 spiro atoms. The van der Waals surface area contributed by atoms with Gasteiger partial charge in [0.15, 0.2) is 0 Å². The predicted molar refractivity (Wildman–Crippen MR) is 75.3 cm³/mol. The number of nitrogens with zero attached hydrogens (tertiary/aromatic N) is 2. The summed E-state index contributed by atoms with van der Waals surface area (Å²) in [6.45, 7) is 6.03. The molecule has 2 aliphatic rings. The van der Waals surface area contributed by atoms with Crippen LogP contribution in [0.4, 0.5) is 5.69 Å². The number of rotatable bonds is 2. The summed E-state index contributed by atoms with van der Waals surface area (Å²) in [5.41, 5.74) is 8.26. The Bertz CT molecular complexity index is 404. The second-order valence-corrected chi connectivity index (χ2v) is 5.62. The molecule has 2 fully saturated rings. The number of para-hydroxylation sites is 1. The molecule has 0 saturated carbocycles. The third-order valence-electron chi connectivity index (χ3n) is 4.34. The molecular formula is C15H23N3. The molecule has 2 aliphatic heterocycles. The van der Waals surface area contributed by atoms with Gasteiger partial charge in [-0.05, 0) is 50.5 Å². The van der Waals surface area contributed by atoms with Crippen LogP contribution in [0, 0.1) is 0 Å². The van der Waals surface area contributed by atoms with E-state index in [-0.39, 0.29) is 0 Å². The van der Waals surface area contributed by atoms with E-state index in [4.69, 9.17) is 5.73 Å². The van der Waals surface area contributed by atoms with Gasteiger partial charge in [0.25, 0.3) is 0 Å². The van der Waals surface area contributed by atoms with Gasteiger partial charge < -0.3 is 5.73 Å². The van der Waals surface area contributed by atoms with Gasteiger partial charge >= 0.3 is 0 Å². The molecular weight excluding hydrogens is 222 g/mol. The molecule has 2 heterocycles. The van der Waals surface area contributed by atoms with E-state index < -0.39 is 0 Å². The van der Waals surface area contributed by atoms with E-state index in [1.165, 1.54) is 51.0 Å². The van der Waals surface area contributed by atoms with Crippen LogP contribution in [0.15, 0.2) is 24.3 Å². The average Bonchev–Trinajstić information content (AvgIpc) is 2.71. The van der Waals surface area contributed by atoms with Crippen LogP contribution in [0.2, 0.25) is 0 Å². The monoisotopic (exact) mass is 245 g/mol. The van der Waals surface area contributed by atoms with E-state index in [0.717, 1.165) is 18.3 Å². The van der Waals surface area contributed by atoms with Gasteiger partial charge in [-0.1, -0.05) is 18.2 Å². The van der Waals surface area contributed by atoms with Crippen LogP contribution < -0.4 is 5.73 Å². The number of fused-ring (bicyclic) bond motifs is 1. The highest BCUT2D eigenvalue weighted by Gasteiger charge is 2.28. The first-order valence-corrected chi connectivity index (χ1v) is 7.13. The molecule has 3 nitrogen and oxygen atoms in total. The molecule has 0 amide bonds. The van der Waals surface area contributed by atoms with Crippen LogP contribution in [0.1, 0.15) is 24.8 Å². The Morgan fingerprint density at radius 2 is 1.94 bits per heavy atom. The maximum Gasteiger partial charge on any atom is 0.0359 e. The fourth-order valence-electron chi connectivity index (χ4n) is 3.35. The summed E-state index contributed by atoms with van der Waals surface area (Å²) in [4.78, 5) is 5.26. The molecule has 18 heavy (non-hydrogen) atoms. The van der Waals surface area contributed by atoms with E-state index in [1.807, 2.05) is 12.1 Å². The summed E-state index contributed by atoms with van der Waals surface area (Å²) in [5.74, 6) is 0. The summed E-state index contributed by atoms with van der Waals surface area (Å²) in [7, 11) is 0. The Kier molecular flexibility index (Phi) is 3.52. The third kappa shape index (κ3) is 2.52. The molecule has 1 aromatic carbocycles. The fourth-order valence-corrected chi connectivity index (χ4v) is 3.35. The number of nitrogens with two attached hydrogens (primary N) is 1. The molecule has 2 saturated heterocycles. The number of anilines is 1. The first-order chi connectivity index (χ1) is 8.83. The zero-order chi connectivity index (χ0) is 12.4. The van der Waals surface area contributed by atoms with Crippen LogP contribution in [-0.2, 0) is 6.54 Å². The van der Waals surface area contributed by atoms with Crippen LogP contribution in [0.3, 0.4) is 0 Å². The van der Waals surface area contributed by atoms with E-state index in [2.05, 4.69) is 21.9 Å².